The van der Waals surface area contributed by atoms with Crippen LogP contribution in [0, 0.1) is 12.3 Å². The van der Waals surface area contributed by atoms with Gasteiger partial charge in [-0.2, -0.15) is 0 Å². The molecule has 3 heterocycles. The van der Waals surface area contributed by atoms with Gasteiger partial charge in [-0.25, -0.2) is 0 Å². The minimum absolute atomic E-state index is 0.0186. The number of hydrogen-bond acceptors (Lipinski definition) is 9. The first-order valence-electron chi connectivity index (χ1n) is 19.4. The first-order chi connectivity index (χ1) is 27.5. The number of nitrogens with zero attached hydrogens (tertiary/aromatic N) is 1. The van der Waals surface area contributed by atoms with E-state index in [0.717, 1.165) is 17.2 Å². The van der Waals surface area contributed by atoms with E-state index in [0.29, 0.717) is 55.8 Å². The number of benzene rings is 2. The molecule has 15 nitrogen and oxygen atoms in total. The normalized spacial score (nSPS) is 22.1. The maximum atomic E-state index is 14.6. The van der Waals surface area contributed by atoms with E-state index < -0.39 is 47.0 Å². The summed E-state index contributed by atoms with van der Waals surface area (Å²) >= 11 is 0. The average Bonchev–Trinajstić information content (AvgIpc) is 3.72. The molecule has 57 heavy (non-hydrogen) atoms. The van der Waals surface area contributed by atoms with E-state index in [-0.39, 0.29) is 58.0 Å². The molecule has 3 atom stereocenters. The Morgan fingerprint density at radius 2 is 1.75 bits per heavy atom. The summed E-state index contributed by atoms with van der Waals surface area (Å²) in [5.74, 6) is -2.27. The number of nitrogens with two attached hydrogens (primary N) is 1. The monoisotopic (exact) mass is 783 g/mol. The molecule has 2 bridgehead atoms. The van der Waals surface area contributed by atoms with Crippen molar-refractivity contribution in [1.29, 1.82) is 0 Å². The van der Waals surface area contributed by atoms with E-state index in [1.807, 2.05) is 31.2 Å². The number of ether oxygens (including phenoxy) is 1. The van der Waals surface area contributed by atoms with Crippen LogP contribution in [0.25, 0.3) is 0 Å². The Kier molecular flexibility index (Phi) is 15.5. The molecule has 6 amide bonds. The predicted molar refractivity (Wildman–Crippen MR) is 211 cm³/mol. The van der Waals surface area contributed by atoms with Crippen LogP contribution < -0.4 is 32.3 Å². The minimum Gasteiger partial charge on any atom is -0.469 e. The van der Waals surface area contributed by atoms with Gasteiger partial charge in [0, 0.05) is 57.8 Å². The summed E-state index contributed by atoms with van der Waals surface area (Å²) in [6.45, 7) is 3.58. The zero-order valence-corrected chi connectivity index (χ0v) is 32.4. The Labute approximate surface area is 332 Å². The zero-order chi connectivity index (χ0) is 40.6. The number of furan rings is 1. The van der Waals surface area contributed by atoms with Crippen LogP contribution in [-0.2, 0) is 59.3 Å². The molecule has 2 aliphatic heterocycles. The minimum atomic E-state index is -1.09. The molecule has 15 heteroatoms. The second-order valence-corrected chi connectivity index (χ2v) is 14.5. The summed E-state index contributed by atoms with van der Waals surface area (Å²) in [6.07, 6.45) is 5.10. The number of nitrogens with one attached hydrogen (secondary N) is 5. The predicted octanol–water partition coefficient (Wildman–Crippen LogP) is 0.978. The first kappa shape index (κ1) is 42.3. The van der Waals surface area contributed by atoms with E-state index in [4.69, 9.17) is 14.9 Å². The van der Waals surface area contributed by atoms with Crippen LogP contribution in [0.5, 0.6) is 0 Å². The van der Waals surface area contributed by atoms with Gasteiger partial charge in [-0.3, -0.25) is 28.8 Å². The van der Waals surface area contributed by atoms with Gasteiger partial charge >= 0.3 is 0 Å². The third-order valence-corrected chi connectivity index (χ3v) is 10.1. The van der Waals surface area contributed by atoms with Crippen molar-refractivity contribution < 1.29 is 37.9 Å². The largest absolute Gasteiger partial charge is 0.469 e. The van der Waals surface area contributed by atoms with Crippen molar-refractivity contribution >= 4 is 35.4 Å². The second-order valence-electron chi connectivity index (χ2n) is 14.5. The Morgan fingerprint density at radius 3 is 2.51 bits per heavy atom. The van der Waals surface area contributed by atoms with Gasteiger partial charge in [0.1, 0.15) is 17.8 Å². The number of rotatable bonds is 10. The number of aryl methyl sites for hydroxylation is 1. The second kappa shape index (κ2) is 20.9. The first-order valence-corrected chi connectivity index (χ1v) is 19.4. The fourth-order valence-electron chi connectivity index (χ4n) is 7.08. The van der Waals surface area contributed by atoms with Gasteiger partial charge in [0.05, 0.1) is 31.3 Å². The molecule has 0 spiro atoms. The number of carbonyl (C=O) groups excluding carboxylic acids is 6. The van der Waals surface area contributed by atoms with Gasteiger partial charge in [0.25, 0.3) is 0 Å². The van der Waals surface area contributed by atoms with E-state index in [9.17, 15) is 28.8 Å². The van der Waals surface area contributed by atoms with Gasteiger partial charge in [-0.1, -0.05) is 54.1 Å². The molecule has 0 radical (unpaired) electrons. The van der Waals surface area contributed by atoms with Gasteiger partial charge in [-0.05, 0) is 61.4 Å². The lowest BCUT2D eigenvalue weighted by Gasteiger charge is -2.42. The van der Waals surface area contributed by atoms with E-state index in [1.165, 1.54) is 12.3 Å². The molecule has 2 aromatic carbocycles. The zero-order valence-electron chi connectivity index (χ0n) is 32.4. The van der Waals surface area contributed by atoms with E-state index in [2.05, 4.69) is 26.6 Å². The summed E-state index contributed by atoms with van der Waals surface area (Å²) in [7, 11) is 0. The maximum absolute atomic E-state index is 14.6. The van der Waals surface area contributed by atoms with E-state index >= 15 is 0 Å². The molecule has 2 aliphatic rings. The summed E-state index contributed by atoms with van der Waals surface area (Å²) in [4.78, 5) is 83.2. The summed E-state index contributed by atoms with van der Waals surface area (Å²) < 4.78 is 10.9. The Balaban J connectivity index is 1.44. The molecule has 7 N–H and O–H groups in total. The van der Waals surface area contributed by atoms with Crippen LogP contribution in [0.15, 0.2) is 83.5 Å². The van der Waals surface area contributed by atoms with Crippen molar-refractivity contribution in [3.63, 3.8) is 0 Å². The van der Waals surface area contributed by atoms with Crippen LogP contribution in [0.3, 0.4) is 0 Å². The molecule has 5 rings (SSSR count). The van der Waals surface area contributed by atoms with Gasteiger partial charge in [-0.15, -0.1) is 0 Å². The lowest BCUT2D eigenvalue weighted by atomic mass is 9.74. The van der Waals surface area contributed by atoms with Crippen molar-refractivity contribution in [2.75, 3.05) is 45.9 Å². The molecule has 0 aliphatic carbocycles. The number of carbonyl (C=O) groups is 6. The average molecular weight is 784 g/mol. The summed E-state index contributed by atoms with van der Waals surface area (Å²) in [6, 6.07) is 16.4. The molecule has 304 valence electrons. The fraction of sp³-hybridized carbons (Fsp3) is 0.429. The quantitative estimate of drug-likeness (QED) is 0.162. The molecule has 1 fully saturated rings. The maximum Gasteiger partial charge on any atom is 0.246 e. The lowest BCUT2D eigenvalue weighted by molar-refractivity contribution is -0.141. The Hall–Kier alpha value is -5.80. The molecule has 3 aromatic rings. The smallest absolute Gasteiger partial charge is 0.246 e. The van der Waals surface area contributed by atoms with Gasteiger partial charge in [0.15, 0.2) is 0 Å². The highest BCUT2D eigenvalue weighted by atomic mass is 16.5. The standard InChI is InChI=1S/C42H53N7O8/c1-29-9-11-30(12-10-29)26-42-16-5-20-49(28-42)38(52)14-13-36(50)44-18-15-34(39(53)45-19-23-56-22-17-43)47-37(51)24-31-6-2-3-7-32(31)27-46-40(54)35(48-41(42)55)25-33-8-4-21-57-33/h2-4,6-14,21,34-35H,5,15-20,22-28,43H2,1H3,(H,44,50)(H,45,53)(H,46,54)(H,47,51)(H,48,55)/b14-13+/t34-,35-,42+/m0/s1. The summed E-state index contributed by atoms with van der Waals surface area (Å²) in [5, 5.41) is 14.2. The van der Waals surface area contributed by atoms with Gasteiger partial charge < -0.3 is 46.4 Å². The highest BCUT2D eigenvalue weighted by Crippen LogP contribution is 2.35. The van der Waals surface area contributed by atoms with Crippen molar-refractivity contribution in [2.24, 2.45) is 11.1 Å². The number of hydrogen-bond donors (Lipinski definition) is 6. The topological polar surface area (TPSA) is 214 Å². The Morgan fingerprint density at radius 1 is 0.965 bits per heavy atom. The number of piperidine rings is 1. The van der Waals surface area contributed by atoms with Crippen LogP contribution in [-0.4, -0.2) is 98.4 Å². The lowest BCUT2D eigenvalue weighted by Crippen LogP contribution is -2.58. The Bertz CT molecular complexity index is 1880. The fourth-order valence-corrected chi connectivity index (χ4v) is 7.08. The molecule has 0 saturated carbocycles. The van der Waals surface area contributed by atoms with Crippen molar-refractivity contribution in [3.8, 4) is 0 Å². The molecular formula is C42H53N7O8. The van der Waals surface area contributed by atoms with Gasteiger partial charge in [0.2, 0.25) is 35.4 Å². The van der Waals surface area contributed by atoms with Crippen molar-refractivity contribution in [1.82, 2.24) is 31.5 Å². The van der Waals surface area contributed by atoms with E-state index in [1.54, 1.807) is 41.3 Å². The molecular weight excluding hydrogens is 731 g/mol. The SMILES string of the molecule is Cc1ccc(C[C@]23CCCN(C2)C(=O)/C=C/C(=O)NCC[C@@H](C(=O)NCCOCCN)NC(=O)Cc2ccccc2CNC(=O)[C@H](Cc2ccco2)NC3=O)cc1. The molecule has 1 aromatic heterocycles. The summed E-state index contributed by atoms with van der Waals surface area (Å²) in [5.41, 5.74) is 7.63. The van der Waals surface area contributed by atoms with Crippen molar-refractivity contribution in [3.05, 3.63) is 107 Å². The van der Waals surface area contributed by atoms with Crippen LogP contribution in [0.4, 0.5) is 0 Å². The highest BCUT2D eigenvalue weighted by molar-refractivity contribution is 5.97. The van der Waals surface area contributed by atoms with Crippen molar-refractivity contribution in [2.45, 2.75) is 64.1 Å². The molecule has 1 saturated heterocycles. The van der Waals surface area contributed by atoms with Crippen LogP contribution >= 0.6 is 0 Å². The molecule has 0 unspecified atom stereocenters. The third-order valence-electron chi connectivity index (χ3n) is 10.1. The van der Waals surface area contributed by atoms with Crippen LogP contribution in [0.2, 0.25) is 0 Å². The number of fused-ring (bicyclic) bond motifs is 3. The number of amides is 6. The van der Waals surface area contributed by atoms with Crippen LogP contribution in [0.1, 0.15) is 47.3 Å². The highest BCUT2D eigenvalue weighted by Gasteiger charge is 2.44. The third kappa shape index (κ3) is 12.6.